The third kappa shape index (κ3) is 2.37. The molecule has 2 aliphatic heterocycles. The fraction of sp³-hybridized carbons (Fsp3) is 0.211. The Morgan fingerprint density at radius 1 is 1.17 bits per heavy atom. The van der Waals surface area contributed by atoms with E-state index in [4.69, 9.17) is 9.84 Å². The van der Waals surface area contributed by atoms with Gasteiger partial charge in [-0.1, -0.05) is 12.1 Å². The van der Waals surface area contributed by atoms with Crippen LogP contribution in [0.15, 0.2) is 36.4 Å². The van der Waals surface area contributed by atoms with E-state index in [2.05, 4.69) is 5.32 Å². The van der Waals surface area contributed by atoms with Crippen molar-refractivity contribution in [1.82, 2.24) is 0 Å². The fourth-order valence-corrected chi connectivity index (χ4v) is 3.20. The third-order valence-electron chi connectivity index (χ3n) is 4.37. The van der Waals surface area contributed by atoms with Crippen LogP contribution in [0, 0.1) is 5.82 Å². The SMILES string of the molecule is O=C1Nc2ccc(F)cc2C1=C1OCc2ccc(CCCO)cc21. The van der Waals surface area contributed by atoms with Crippen molar-refractivity contribution in [2.75, 3.05) is 11.9 Å². The minimum atomic E-state index is -0.390. The summed E-state index contributed by atoms with van der Waals surface area (Å²) in [6, 6.07) is 10.2. The molecule has 2 N–H and O–H groups in total. The molecule has 2 heterocycles. The number of fused-ring (bicyclic) bond motifs is 2. The second-order valence-corrected chi connectivity index (χ2v) is 5.96. The lowest BCUT2D eigenvalue weighted by atomic mass is 9.97. The van der Waals surface area contributed by atoms with Gasteiger partial charge in [-0.15, -0.1) is 0 Å². The molecule has 0 aromatic heterocycles. The molecule has 0 atom stereocenters. The number of nitrogens with one attached hydrogen (secondary N) is 1. The number of anilines is 1. The summed E-state index contributed by atoms with van der Waals surface area (Å²) in [7, 11) is 0. The molecule has 122 valence electrons. The summed E-state index contributed by atoms with van der Waals surface area (Å²) in [5.41, 5.74) is 4.45. The van der Waals surface area contributed by atoms with Gasteiger partial charge in [0.15, 0.2) is 0 Å². The van der Waals surface area contributed by atoms with Gasteiger partial charge in [0.05, 0.1) is 5.57 Å². The average Bonchev–Trinajstić information content (AvgIpc) is 3.12. The molecule has 5 heteroatoms. The summed E-state index contributed by atoms with van der Waals surface area (Å²) in [5, 5.41) is 11.7. The zero-order chi connectivity index (χ0) is 16.7. The summed E-state index contributed by atoms with van der Waals surface area (Å²) in [4.78, 5) is 12.4. The number of carbonyl (C=O) groups is 1. The summed E-state index contributed by atoms with van der Waals surface area (Å²) in [6.45, 7) is 0.531. The van der Waals surface area contributed by atoms with E-state index in [0.717, 1.165) is 23.1 Å². The number of aliphatic hydroxyl groups is 1. The molecule has 24 heavy (non-hydrogen) atoms. The Kier molecular flexibility index (Phi) is 3.58. The lowest BCUT2D eigenvalue weighted by molar-refractivity contribution is -0.110. The molecule has 0 aliphatic carbocycles. The maximum absolute atomic E-state index is 13.6. The third-order valence-corrected chi connectivity index (χ3v) is 4.37. The summed E-state index contributed by atoms with van der Waals surface area (Å²) in [6.07, 6.45) is 1.43. The van der Waals surface area contributed by atoms with Gasteiger partial charge in [0, 0.05) is 29.0 Å². The lowest BCUT2D eigenvalue weighted by Crippen LogP contribution is -2.05. The highest BCUT2D eigenvalue weighted by atomic mass is 19.1. The van der Waals surface area contributed by atoms with Gasteiger partial charge in [-0.05, 0) is 42.7 Å². The lowest BCUT2D eigenvalue weighted by Gasteiger charge is -2.07. The standard InChI is InChI=1S/C19H16FNO3/c20-13-5-6-16-15(9-13)17(19(23)21-16)18-14-8-11(2-1-7-22)3-4-12(14)10-24-18/h3-6,8-9,22H,1-2,7,10H2,(H,21,23). The number of hydrogen-bond donors (Lipinski definition) is 2. The molecule has 2 aromatic carbocycles. The highest BCUT2D eigenvalue weighted by Crippen LogP contribution is 2.42. The molecule has 4 rings (SSSR count). The average molecular weight is 325 g/mol. The summed E-state index contributed by atoms with van der Waals surface area (Å²) >= 11 is 0. The number of hydrogen-bond acceptors (Lipinski definition) is 3. The molecule has 1 amide bonds. The van der Waals surface area contributed by atoms with Crippen LogP contribution < -0.4 is 5.32 Å². The van der Waals surface area contributed by atoms with Crippen LogP contribution in [0.3, 0.4) is 0 Å². The van der Waals surface area contributed by atoms with Crippen LogP contribution in [0.1, 0.15) is 28.7 Å². The molecule has 4 nitrogen and oxygen atoms in total. The van der Waals surface area contributed by atoms with E-state index in [1.165, 1.54) is 12.1 Å². The largest absolute Gasteiger partial charge is 0.487 e. The van der Waals surface area contributed by atoms with Crippen molar-refractivity contribution in [3.63, 3.8) is 0 Å². The van der Waals surface area contributed by atoms with Crippen LogP contribution in [0.25, 0.3) is 11.3 Å². The monoisotopic (exact) mass is 325 g/mol. The van der Waals surface area contributed by atoms with Gasteiger partial charge in [0.2, 0.25) is 0 Å². The molecule has 2 aromatic rings. The zero-order valence-electron chi connectivity index (χ0n) is 12.9. The first-order valence-corrected chi connectivity index (χ1v) is 7.89. The predicted octanol–water partition coefficient (Wildman–Crippen LogP) is 3.10. The molecule has 0 spiro atoms. The Morgan fingerprint density at radius 2 is 2.04 bits per heavy atom. The van der Waals surface area contributed by atoms with Crippen molar-refractivity contribution >= 4 is 22.9 Å². The number of benzene rings is 2. The van der Waals surface area contributed by atoms with Gasteiger partial charge >= 0.3 is 0 Å². The molecule has 0 saturated heterocycles. The number of aliphatic hydroxyl groups excluding tert-OH is 1. The van der Waals surface area contributed by atoms with Gasteiger partial charge < -0.3 is 15.2 Å². The van der Waals surface area contributed by atoms with Crippen molar-refractivity contribution in [3.8, 4) is 0 Å². The van der Waals surface area contributed by atoms with Gasteiger partial charge in [0.1, 0.15) is 18.2 Å². The Hall–Kier alpha value is -2.66. The highest BCUT2D eigenvalue weighted by molar-refractivity contribution is 6.36. The van der Waals surface area contributed by atoms with Crippen LogP contribution >= 0.6 is 0 Å². The zero-order valence-corrected chi connectivity index (χ0v) is 12.9. The Bertz CT molecular complexity index is 873. The predicted molar refractivity (Wildman–Crippen MR) is 88.5 cm³/mol. The Morgan fingerprint density at radius 3 is 2.88 bits per heavy atom. The molecule has 0 bridgehead atoms. The van der Waals surface area contributed by atoms with E-state index >= 15 is 0 Å². The second kappa shape index (κ2) is 5.76. The number of ether oxygens (including phenoxy) is 1. The topological polar surface area (TPSA) is 58.6 Å². The van der Waals surface area contributed by atoms with E-state index < -0.39 is 5.82 Å². The smallest absolute Gasteiger partial charge is 0.260 e. The first-order chi connectivity index (χ1) is 11.7. The van der Waals surface area contributed by atoms with Crippen molar-refractivity contribution < 1.29 is 19.0 Å². The van der Waals surface area contributed by atoms with E-state index in [0.29, 0.717) is 35.6 Å². The quantitative estimate of drug-likeness (QED) is 0.853. The van der Waals surface area contributed by atoms with Crippen LogP contribution in [0.4, 0.5) is 10.1 Å². The number of halogens is 1. The molecule has 0 fully saturated rings. The number of rotatable bonds is 3. The molecule has 0 unspecified atom stereocenters. The maximum atomic E-state index is 13.6. The number of amides is 1. The minimum Gasteiger partial charge on any atom is -0.487 e. The van der Waals surface area contributed by atoms with Gasteiger partial charge in [-0.25, -0.2) is 4.39 Å². The van der Waals surface area contributed by atoms with Gasteiger partial charge in [-0.3, -0.25) is 4.79 Å². The van der Waals surface area contributed by atoms with E-state index in [1.54, 1.807) is 6.07 Å². The summed E-state index contributed by atoms with van der Waals surface area (Å²) in [5.74, 6) is -0.171. The highest BCUT2D eigenvalue weighted by Gasteiger charge is 2.32. The summed E-state index contributed by atoms with van der Waals surface area (Å²) < 4.78 is 19.4. The molecule has 0 radical (unpaired) electrons. The fourth-order valence-electron chi connectivity index (χ4n) is 3.20. The van der Waals surface area contributed by atoms with Crippen molar-refractivity contribution in [3.05, 3.63) is 64.5 Å². The van der Waals surface area contributed by atoms with Crippen molar-refractivity contribution in [2.24, 2.45) is 0 Å². The van der Waals surface area contributed by atoms with Crippen LogP contribution in [0.2, 0.25) is 0 Å². The Balaban J connectivity index is 1.84. The minimum absolute atomic E-state index is 0.136. The maximum Gasteiger partial charge on any atom is 0.260 e. The molecular weight excluding hydrogens is 309 g/mol. The normalized spacial score (nSPS) is 18.2. The Labute approximate surface area is 138 Å². The van der Waals surface area contributed by atoms with Gasteiger partial charge in [0.25, 0.3) is 5.91 Å². The van der Waals surface area contributed by atoms with E-state index in [9.17, 15) is 9.18 Å². The van der Waals surface area contributed by atoms with Crippen LogP contribution in [-0.4, -0.2) is 17.6 Å². The first kappa shape index (κ1) is 14.9. The van der Waals surface area contributed by atoms with Gasteiger partial charge in [-0.2, -0.15) is 0 Å². The van der Waals surface area contributed by atoms with Crippen molar-refractivity contribution in [2.45, 2.75) is 19.4 Å². The van der Waals surface area contributed by atoms with Crippen LogP contribution in [0.5, 0.6) is 0 Å². The van der Waals surface area contributed by atoms with E-state index in [1.807, 2.05) is 18.2 Å². The second-order valence-electron chi connectivity index (χ2n) is 5.96. The van der Waals surface area contributed by atoms with E-state index in [-0.39, 0.29) is 12.5 Å². The first-order valence-electron chi connectivity index (χ1n) is 7.89. The number of aryl methyl sites for hydroxylation is 1. The molecular formula is C19H16FNO3. The van der Waals surface area contributed by atoms with Crippen LogP contribution in [-0.2, 0) is 22.6 Å². The molecule has 0 saturated carbocycles. The number of carbonyl (C=O) groups excluding carboxylic acids is 1. The van der Waals surface area contributed by atoms with Crippen molar-refractivity contribution in [1.29, 1.82) is 0 Å². The molecule has 2 aliphatic rings.